The molecule has 1 rings (SSSR count). The molecule has 0 saturated carbocycles. The Kier molecular flexibility index (Phi) is 7.57. The molecule has 1 aromatic rings. The van der Waals surface area contributed by atoms with Crippen molar-refractivity contribution in [2.75, 3.05) is 0 Å². The lowest BCUT2D eigenvalue weighted by Crippen LogP contribution is -2.43. The van der Waals surface area contributed by atoms with Gasteiger partial charge in [0.2, 0.25) is 0 Å². The van der Waals surface area contributed by atoms with E-state index in [1.807, 2.05) is 6.07 Å². The van der Waals surface area contributed by atoms with Crippen LogP contribution < -0.4 is 5.32 Å². The van der Waals surface area contributed by atoms with E-state index in [9.17, 15) is 19.5 Å². The third-order valence-electron chi connectivity index (χ3n) is 3.11. The number of ether oxygens (including phenoxy) is 2. The maximum absolute atomic E-state index is 12.0. The van der Waals surface area contributed by atoms with Crippen LogP contribution in [0.5, 0.6) is 0 Å². The number of carbonyl (C=O) groups excluding carboxylic acids is 3. The predicted octanol–water partition coefficient (Wildman–Crippen LogP) is 1.96. The first-order valence-corrected chi connectivity index (χ1v) is 7.99. The molecule has 1 amide bonds. The van der Waals surface area contributed by atoms with E-state index in [0.717, 1.165) is 5.56 Å². The van der Waals surface area contributed by atoms with E-state index >= 15 is 0 Å². The lowest BCUT2D eigenvalue weighted by Gasteiger charge is -2.21. The van der Waals surface area contributed by atoms with Gasteiger partial charge in [-0.15, -0.1) is 0 Å². The Hall–Kier alpha value is -2.41. The Morgan fingerprint density at radius 1 is 1.16 bits per heavy atom. The number of hydrogen-bond donors (Lipinski definition) is 2. The molecule has 0 fully saturated rings. The van der Waals surface area contributed by atoms with Gasteiger partial charge >= 0.3 is 12.1 Å². The summed E-state index contributed by atoms with van der Waals surface area (Å²) >= 11 is 0. The van der Waals surface area contributed by atoms with Gasteiger partial charge in [-0.2, -0.15) is 0 Å². The van der Waals surface area contributed by atoms with Gasteiger partial charge in [0.25, 0.3) is 0 Å². The van der Waals surface area contributed by atoms with Gasteiger partial charge in [0.05, 0.1) is 6.04 Å². The average molecular weight is 351 g/mol. The Balaban J connectivity index is 2.41. The Morgan fingerprint density at radius 3 is 2.32 bits per heavy atom. The summed E-state index contributed by atoms with van der Waals surface area (Å²) in [4.78, 5) is 35.4. The summed E-state index contributed by atoms with van der Waals surface area (Å²) in [5.41, 5.74) is 0.0856. The second-order valence-corrected chi connectivity index (χ2v) is 6.65. The monoisotopic (exact) mass is 351 g/mol. The van der Waals surface area contributed by atoms with Crippen LogP contribution in [0.15, 0.2) is 30.3 Å². The number of rotatable bonds is 7. The first kappa shape index (κ1) is 20.6. The molecule has 0 aliphatic carbocycles. The van der Waals surface area contributed by atoms with Crippen LogP contribution in [0.25, 0.3) is 0 Å². The summed E-state index contributed by atoms with van der Waals surface area (Å²) < 4.78 is 10.0. The van der Waals surface area contributed by atoms with Gasteiger partial charge in [-0.1, -0.05) is 30.3 Å². The summed E-state index contributed by atoms with van der Waals surface area (Å²) in [6.45, 7) is 6.56. The number of ketones is 1. The highest BCUT2D eigenvalue weighted by molar-refractivity contribution is 5.90. The minimum Gasteiger partial charge on any atom is -0.459 e. The summed E-state index contributed by atoms with van der Waals surface area (Å²) in [5, 5.41) is 12.2. The van der Waals surface area contributed by atoms with Gasteiger partial charge in [-0.3, -0.25) is 4.79 Å². The van der Waals surface area contributed by atoms with Crippen molar-refractivity contribution in [1.29, 1.82) is 0 Å². The Bertz CT molecular complexity index is 593. The van der Waals surface area contributed by atoms with Crippen LogP contribution in [0.4, 0.5) is 4.79 Å². The maximum Gasteiger partial charge on any atom is 0.408 e. The van der Waals surface area contributed by atoms with Crippen molar-refractivity contribution < 1.29 is 29.0 Å². The number of carbonyl (C=O) groups is 3. The summed E-state index contributed by atoms with van der Waals surface area (Å²) in [6.07, 6.45) is -2.78. The van der Waals surface area contributed by atoms with Gasteiger partial charge in [0.1, 0.15) is 12.2 Å². The third kappa shape index (κ3) is 8.30. The molecule has 0 bridgehead atoms. The average Bonchev–Trinajstić information content (AvgIpc) is 2.51. The smallest absolute Gasteiger partial charge is 0.408 e. The highest BCUT2D eigenvalue weighted by Crippen LogP contribution is 2.08. The van der Waals surface area contributed by atoms with Gasteiger partial charge in [-0.25, -0.2) is 9.59 Å². The number of benzene rings is 1. The van der Waals surface area contributed by atoms with E-state index in [1.54, 1.807) is 45.0 Å². The molecule has 0 heterocycles. The number of hydrogen-bond acceptors (Lipinski definition) is 6. The molecule has 0 aliphatic heterocycles. The van der Waals surface area contributed by atoms with Crippen molar-refractivity contribution in [3.63, 3.8) is 0 Å². The van der Waals surface area contributed by atoms with Crippen molar-refractivity contribution in [2.24, 2.45) is 0 Å². The van der Waals surface area contributed by atoms with E-state index in [-0.39, 0.29) is 6.61 Å². The normalized spacial score (nSPS) is 13.5. The molecule has 138 valence electrons. The molecule has 2 atom stereocenters. The van der Waals surface area contributed by atoms with E-state index < -0.39 is 42.0 Å². The third-order valence-corrected chi connectivity index (χ3v) is 3.11. The first-order valence-electron chi connectivity index (χ1n) is 7.99. The summed E-state index contributed by atoms with van der Waals surface area (Å²) in [6, 6.07) is 8.08. The molecule has 0 aromatic heterocycles. The second-order valence-electron chi connectivity index (χ2n) is 6.65. The zero-order valence-corrected chi connectivity index (χ0v) is 14.9. The molecular formula is C18H25NO6. The van der Waals surface area contributed by atoms with Crippen LogP contribution in [0, 0.1) is 0 Å². The van der Waals surface area contributed by atoms with Gasteiger partial charge < -0.3 is 19.9 Å². The van der Waals surface area contributed by atoms with Gasteiger partial charge in [-0.05, 0) is 33.3 Å². The molecule has 25 heavy (non-hydrogen) atoms. The Morgan fingerprint density at radius 2 is 1.76 bits per heavy atom. The zero-order chi connectivity index (χ0) is 19.0. The van der Waals surface area contributed by atoms with Crippen LogP contribution in [-0.2, 0) is 25.7 Å². The lowest BCUT2D eigenvalue weighted by atomic mass is 10.1. The molecule has 0 radical (unpaired) electrons. The molecule has 7 heteroatoms. The molecule has 1 aromatic carbocycles. The Labute approximate surface area is 147 Å². The second kappa shape index (κ2) is 9.17. The van der Waals surface area contributed by atoms with Crippen molar-refractivity contribution in [3.8, 4) is 0 Å². The summed E-state index contributed by atoms with van der Waals surface area (Å²) in [7, 11) is 0. The van der Waals surface area contributed by atoms with Gasteiger partial charge in [0.15, 0.2) is 11.9 Å². The SMILES string of the molecule is C[C@H](NC(=O)OC(C)(C)C)C(=O)CC(O)C(=O)OCc1ccccc1. The first-order chi connectivity index (χ1) is 11.6. The number of aliphatic hydroxyl groups excluding tert-OH is 1. The molecular weight excluding hydrogens is 326 g/mol. The predicted molar refractivity (Wildman–Crippen MR) is 90.7 cm³/mol. The topological polar surface area (TPSA) is 102 Å². The fourth-order valence-corrected chi connectivity index (χ4v) is 1.84. The fraction of sp³-hybridized carbons (Fsp3) is 0.500. The summed E-state index contributed by atoms with van der Waals surface area (Å²) in [5.74, 6) is -1.39. The number of Topliss-reactive ketones (excluding diaryl/α,β-unsaturated/α-hetero) is 1. The number of esters is 1. The highest BCUT2D eigenvalue weighted by Gasteiger charge is 2.26. The van der Waals surface area contributed by atoms with Crippen LogP contribution in [0.1, 0.15) is 39.7 Å². The van der Waals surface area contributed by atoms with Crippen molar-refractivity contribution in [1.82, 2.24) is 5.32 Å². The van der Waals surface area contributed by atoms with Crippen molar-refractivity contribution in [3.05, 3.63) is 35.9 Å². The number of amides is 1. The molecule has 7 nitrogen and oxygen atoms in total. The van der Waals surface area contributed by atoms with E-state index in [2.05, 4.69) is 5.32 Å². The van der Waals surface area contributed by atoms with Crippen molar-refractivity contribution >= 4 is 17.8 Å². The minimum atomic E-state index is -1.58. The number of alkyl carbamates (subject to hydrolysis) is 1. The van der Waals surface area contributed by atoms with Crippen molar-refractivity contribution in [2.45, 2.75) is 58.5 Å². The molecule has 2 N–H and O–H groups in total. The largest absolute Gasteiger partial charge is 0.459 e. The van der Waals surface area contributed by atoms with E-state index in [4.69, 9.17) is 9.47 Å². The highest BCUT2D eigenvalue weighted by atomic mass is 16.6. The lowest BCUT2D eigenvalue weighted by molar-refractivity contribution is -0.156. The molecule has 0 spiro atoms. The van der Waals surface area contributed by atoms with Crippen LogP contribution in [0.2, 0.25) is 0 Å². The fourth-order valence-electron chi connectivity index (χ4n) is 1.84. The zero-order valence-electron chi connectivity index (χ0n) is 14.9. The van der Waals surface area contributed by atoms with E-state index in [0.29, 0.717) is 0 Å². The number of nitrogens with one attached hydrogen (secondary N) is 1. The molecule has 0 saturated heterocycles. The molecule has 1 unspecified atom stereocenters. The minimum absolute atomic E-state index is 0.0106. The van der Waals surface area contributed by atoms with E-state index in [1.165, 1.54) is 6.92 Å². The molecule has 0 aliphatic rings. The quantitative estimate of drug-likeness (QED) is 0.728. The van der Waals surface area contributed by atoms with Gasteiger partial charge in [0, 0.05) is 6.42 Å². The maximum atomic E-state index is 12.0. The standard InChI is InChI=1S/C18H25NO6/c1-12(19-17(23)25-18(2,3)4)14(20)10-15(21)16(22)24-11-13-8-6-5-7-9-13/h5-9,12,15,21H,10-11H2,1-4H3,(H,19,23)/t12-,15?/m0/s1. The number of aliphatic hydroxyl groups is 1. The van der Waals surface area contributed by atoms with Crippen LogP contribution in [0.3, 0.4) is 0 Å². The van der Waals surface area contributed by atoms with Crippen LogP contribution in [-0.4, -0.2) is 40.7 Å². The van der Waals surface area contributed by atoms with Crippen LogP contribution >= 0.6 is 0 Å².